The minimum atomic E-state index is -5.27. The van der Waals surface area contributed by atoms with Crippen molar-refractivity contribution >= 4 is 0 Å². The maximum Gasteiger partial charge on any atom is 0.522 e. The minimum absolute atomic E-state index is 0.459. The zero-order valence-corrected chi connectivity index (χ0v) is 8.86. The molecule has 0 heterocycles. The molecule has 1 fully saturated rings. The fraction of sp³-hybridized carbons (Fsp3) is 1.00. The van der Waals surface area contributed by atoms with E-state index in [2.05, 4.69) is 4.74 Å². The van der Waals surface area contributed by atoms with Crippen LogP contribution in [0.5, 0.6) is 0 Å². The quantitative estimate of drug-likeness (QED) is 0.693. The second-order valence-electron chi connectivity index (χ2n) is 4.16. The molecule has 0 aromatic rings. The maximum absolute atomic E-state index is 12.5. The maximum atomic E-state index is 12.5. The number of rotatable bonds is 2. The van der Waals surface area contributed by atoms with Crippen LogP contribution in [-0.2, 0) is 4.74 Å². The van der Waals surface area contributed by atoms with Crippen molar-refractivity contribution in [2.45, 2.75) is 44.3 Å². The van der Waals surface area contributed by atoms with E-state index >= 15 is 0 Å². The highest BCUT2D eigenvalue weighted by Gasteiger charge is 2.52. The van der Waals surface area contributed by atoms with Crippen LogP contribution in [0.1, 0.15) is 19.3 Å². The Hall–Kier alpha value is -0.600. The predicted molar refractivity (Wildman–Crippen MR) is 43.8 cm³/mol. The van der Waals surface area contributed by atoms with Gasteiger partial charge in [0.2, 0.25) is 6.43 Å². The Bertz CT molecular complexity index is 271. The van der Waals surface area contributed by atoms with Gasteiger partial charge in [-0.05, 0) is 19.3 Å². The second kappa shape index (κ2) is 5.18. The van der Waals surface area contributed by atoms with Gasteiger partial charge in [0.25, 0.3) is 0 Å². The lowest BCUT2D eigenvalue weighted by Gasteiger charge is -2.36. The Labute approximate surface area is 97.1 Å². The highest BCUT2D eigenvalue weighted by atomic mass is 19.4. The summed E-state index contributed by atoms with van der Waals surface area (Å²) in [6.45, 7) is 0. The van der Waals surface area contributed by atoms with E-state index in [1.54, 1.807) is 0 Å². The van der Waals surface area contributed by atoms with Crippen molar-refractivity contribution in [3.8, 4) is 0 Å². The van der Waals surface area contributed by atoms with Crippen LogP contribution in [0.15, 0.2) is 0 Å². The monoisotopic (exact) mass is 286 g/mol. The van der Waals surface area contributed by atoms with Gasteiger partial charge in [-0.2, -0.15) is 13.2 Å². The zero-order valence-electron chi connectivity index (χ0n) is 8.86. The average Bonchev–Trinajstić information content (AvgIpc) is 2.12. The van der Waals surface area contributed by atoms with Gasteiger partial charge in [0, 0.05) is 5.92 Å². The van der Waals surface area contributed by atoms with E-state index in [0.29, 0.717) is 0 Å². The summed E-state index contributed by atoms with van der Waals surface area (Å²) in [6, 6.07) is 0. The SMILES string of the molecule is FC(F)C1CCC(C(F)(F)F)C(OC(F)(F)F)C1. The summed E-state index contributed by atoms with van der Waals surface area (Å²) in [4.78, 5) is 0. The van der Waals surface area contributed by atoms with Gasteiger partial charge in [-0.1, -0.05) is 0 Å². The van der Waals surface area contributed by atoms with Crippen LogP contribution in [0.25, 0.3) is 0 Å². The molecule has 0 saturated heterocycles. The van der Waals surface area contributed by atoms with Gasteiger partial charge in [0.05, 0.1) is 12.0 Å². The van der Waals surface area contributed by atoms with Crippen LogP contribution in [0.2, 0.25) is 0 Å². The number of hydrogen-bond donors (Lipinski definition) is 0. The Balaban J connectivity index is 2.80. The van der Waals surface area contributed by atoms with Gasteiger partial charge in [0.1, 0.15) is 0 Å². The van der Waals surface area contributed by atoms with E-state index in [4.69, 9.17) is 0 Å². The summed E-state index contributed by atoms with van der Waals surface area (Å²) >= 11 is 0. The summed E-state index contributed by atoms with van der Waals surface area (Å²) < 4.78 is 101. The molecule has 0 N–H and O–H groups in total. The van der Waals surface area contributed by atoms with Crippen molar-refractivity contribution in [3.05, 3.63) is 0 Å². The van der Waals surface area contributed by atoms with Crippen LogP contribution < -0.4 is 0 Å². The molecule has 18 heavy (non-hydrogen) atoms. The molecule has 3 atom stereocenters. The molecule has 1 aliphatic carbocycles. The van der Waals surface area contributed by atoms with Crippen molar-refractivity contribution in [3.63, 3.8) is 0 Å². The molecule has 1 rings (SSSR count). The highest BCUT2D eigenvalue weighted by Crippen LogP contribution is 2.44. The molecule has 1 saturated carbocycles. The fourth-order valence-electron chi connectivity index (χ4n) is 2.07. The highest BCUT2D eigenvalue weighted by molar-refractivity contribution is 4.86. The second-order valence-corrected chi connectivity index (χ2v) is 4.16. The van der Waals surface area contributed by atoms with Crippen LogP contribution in [0.4, 0.5) is 35.1 Å². The first-order chi connectivity index (χ1) is 8.00. The van der Waals surface area contributed by atoms with Crippen LogP contribution in [-0.4, -0.2) is 25.1 Å². The summed E-state index contributed by atoms with van der Waals surface area (Å²) in [5.74, 6) is -3.84. The Morgan fingerprint density at radius 1 is 0.944 bits per heavy atom. The molecule has 108 valence electrons. The van der Waals surface area contributed by atoms with E-state index in [1.165, 1.54) is 0 Å². The summed E-state index contributed by atoms with van der Waals surface area (Å²) in [5, 5.41) is 0. The molecule has 3 unspecified atom stereocenters. The molecule has 0 bridgehead atoms. The van der Waals surface area contributed by atoms with Gasteiger partial charge in [-0.25, -0.2) is 8.78 Å². The van der Waals surface area contributed by atoms with Gasteiger partial charge in [0.15, 0.2) is 0 Å². The molecule has 0 aromatic heterocycles. The van der Waals surface area contributed by atoms with Gasteiger partial charge >= 0.3 is 12.5 Å². The molecule has 9 heteroatoms. The van der Waals surface area contributed by atoms with Gasteiger partial charge in [-0.3, -0.25) is 4.74 Å². The average molecular weight is 286 g/mol. The van der Waals surface area contributed by atoms with E-state index in [1.807, 2.05) is 0 Å². The lowest BCUT2D eigenvalue weighted by Crippen LogP contribution is -2.44. The standard InChI is InChI=1S/C9H10F8O/c10-7(11)4-1-2-5(8(12,13)14)6(3-4)18-9(15,16)17/h4-7H,1-3H2. The van der Waals surface area contributed by atoms with Crippen molar-refractivity contribution < 1.29 is 39.9 Å². The number of alkyl halides is 8. The zero-order chi connectivity index (χ0) is 14.1. The molecule has 0 aromatic carbocycles. The first-order valence-corrected chi connectivity index (χ1v) is 5.10. The van der Waals surface area contributed by atoms with Crippen LogP contribution in [0.3, 0.4) is 0 Å². The van der Waals surface area contributed by atoms with Crippen molar-refractivity contribution in [2.75, 3.05) is 0 Å². The smallest absolute Gasteiger partial charge is 0.288 e. The molecule has 0 amide bonds. The first-order valence-electron chi connectivity index (χ1n) is 5.10. The Morgan fingerprint density at radius 3 is 1.89 bits per heavy atom. The first kappa shape index (κ1) is 15.5. The lowest BCUT2D eigenvalue weighted by molar-refractivity contribution is -0.366. The van der Waals surface area contributed by atoms with Crippen molar-refractivity contribution in [2.24, 2.45) is 11.8 Å². The normalized spacial score (nSPS) is 30.8. The van der Waals surface area contributed by atoms with Gasteiger partial charge in [-0.15, -0.1) is 13.2 Å². The summed E-state index contributed by atoms with van der Waals surface area (Å²) in [5.41, 5.74) is 0. The van der Waals surface area contributed by atoms with E-state index in [9.17, 15) is 35.1 Å². The number of halogens is 8. The van der Waals surface area contributed by atoms with Crippen molar-refractivity contribution in [1.82, 2.24) is 0 Å². The van der Waals surface area contributed by atoms with Crippen LogP contribution in [0, 0.1) is 11.8 Å². The third-order valence-electron chi connectivity index (χ3n) is 2.89. The Kier molecular flexibility index (Phi) is 4.45. The van der Waals surface area contributed by atoms with Gasteiger partial charge < -0.3 is 0 Å². The largest absolute Gasteiger partial charge is 0.522 e. The number of ether oxygens (including phenoxy) is 1. The Morgan fingerprint density at radius 2 is 1.50 bits per heavy atom. The molecular formula is C9H10F8O. The predicted octanol–water partition coefficient (Wildman–Crippen LogP) is 4.14. The summed E-state index contributed by atoms with van der Waals surface area (Å²) in [7, 11) is 0. The third-order valence-corrected chi connectivity index (χ3v) is 2.89. The lowest BCUT2D eigenvalue weighted by atomic mass is 9.79. The van der Waals surface area contributed by atoms with E-state index < -0.39 is 56.2 Å². The number of hydrogen-bond acceptors (Lipinski definition) is 1. The molecule has 0 spiro atoms. The molecule has 0 aliphatic heterocycles. The van der Waals surface area contributed by atoms with Crippen molar-refractivity contribution in [1.29, 1.82) is 0 Å². The minimum Gasteiger partial charge on any atom is -0.288 e. The van der Waals surface area contributed by atoms with E-state index in [-0.39, 0.29) is 0 Å². The molecule has 1 aliphatic rings. The summed E-state index contributed by atoms with van der Waals surface area (Å²) in [6.07, 6.45) is -17.6. The topological polar surface area (TPSA) is 9.23 Å². The molecule has 0 radical (unpaired) electrons. The molecule has 1 nitrogen and oxygen atoms in total. The van der Waals surface area contributed by atoms with Crippen LogP contribution >= 0.6 is 0 Å². The fourth-order valence-corrected chi connectivity index (χ4v) is 2.07. The third kappa shape index (κ3) is 4.25. The van der Waals surface area contributed by atoms with E-state index in [0.717, 1.165) is 0 Å². The molecular weight excluding hydrogens is 276 g/mol.